The van der Waals surface area contributed by atoms with Crippen LogP contribution in [0.25, 0.3) is 10.9 Å². The molecule has 68 valence electrons. The highest BCUT2D eigenvalue weighted by Gasteiger charge is 2.08. The molecule has 13 heavy (non-hydrogen) atoms. The second-order valence-corrected chi connectivity index (χ2v) is 3.60. The van der Waals surface area contributed by atoms with Gasteiger partial charge < -0.3 is 10.1 Å². The molecule has 2 heteroatoms. The van der Waals surface area contributed by atoms with Crippen LogP contribution in [0.1, 0.15) is 25.3 Å². The van der Waals surface area contributed by atoms with E-state index in [0.717, 1.165) is 10.9 Å². The Bertz CT molecular complexity index is 429. The summed E-state index contributed by atoms with van der Waals surface area (Å²) in [5.41, 5.74) is 2.09. The fourth-order valence-corrected chi connectivity index (χ4v) is 1.64. The van der Waals surface area contributed by atoms with Crippen molar-refractivity contribution in [3.05, 3.63) is 30.0 Å². The lowest BCUT2D eigenvalue weighted by Crippen LogP contribution is -1.82. The van der Waals surface area contributed by atoms with E-state index in [1.54, 1.807) is 6.07 Å². The van der Waals surface area contributed by atoms with E-state index < -0.39 is 0 Å². The van der Waals surface area contributed by atoms with Gasteiger partial charge in [0.05, 0.1) is 5.52 Å². The lowest BCUT2D eigenvalue weighted by Gasteiger charge is -2.01. The first kappa shape index (κ1) is 8.17. The second kappa shape index (κ2) is 2.80. The van der Waals surface area contributed by atoms with E-state index in [2.05, 4.69) is 18.8 Å². The molecular formula is C11H13NO. The molecule has 0 radical (unpaired) electrons. The number of para-hydroxylation sites is 1. The normalized spacial score (nSPS) is 11.3. The third-order valence-corrected chi connectivity index (χ3v) is 2.35. The number of hydrogen-bond donors (Lipinski definition) is 2. The fraction of sp³-hybridized carbons (Fsp3) is 0.273. The van der Waals surface area contributed by atoms with E-state index >= 15 is 0 Å². The summed E-state index contributed by atoms with van der Waals surface area (Å²) in [5.74, 6) is 0.806. The van der Waals surface area contributed by atoms with Crippen molar-refractivity contribution in [2.75, 3.05) is 0 Å². The molecule has 2 nitrogen and oxygen atoms in total. The van der Waals surface area contributed by atoms with Crippen LogP contribution in [0, 0.1) is 0 Å². The zero-order chi connectivity index (χ0) is 9.42. The maximum Gasteiger partial charge on any atom is 0.139 e. The molecule has 0 unspecified atom stereocenters. The van der Waals surface area contributed by atoms with Gasteiger partial charge in [-0.05, 0) is 17.5 Å². The number of benzene rings is 1. The molecule has 2 rings (SSSR count). The fourth-order valence-electron chi connectivity index (χ4n) is 1.64. The molecule has 0 saturated heterocycles. The molecule has 0 aliphatic carbocycles. The number of phenolic OH excluding ortho intramolecular Hbond substituents is 1. The zero-order valence-electron chi connectivity index (χ0n) is 7.83. The first-order valence-corrected chi connectivity index (χ1v) is 4.49. The number of rotatable bonds is 1. The maximum absolute atomic E-state index is 9.54. The molecule has 1 aromatic heterocycles. The number of aromatic nitrogens is 1. The van der Waals surface area contributed by atoms with Crippen LogP contribution in [0.4, 0.5) is 0 Å². The maximum atomic E-state index is 9.54. The van der Waals surface area contributed by atoms with E-state index in [0.29, 0.717) is 11.7 Å². The number of fused-ring (bicyclic) bond motifs is 1. The number of aromatic amines is 1. The number of aromatic hydroxyl groups is 1. The van der Waals surface area contributed by atoms with Gasteiger partial charge in [-0.3, -0.25) is 0 Å². The standard InChI is InChI=1S/C11H13NO/c1-7(2)9-6-12-11-8(9)4-3-5-10(11)13/h3-7,12-13H,1-2H3. The Morgan fingerprint density at radius 1 is 1.31 bits per heavy atom. The lowest BCUT2D eigenvalue weighted by atomic mass is 10.0. The van der Waals surface area contributed by atoms with Crippen LogP contribution < -0.4 is 0 Å². The quantitative estimate of drug-likeness (QED) is 0.686. The minimum Gasteiger partial charge on any atom is -0.506 e. The van der Waals surface area contributed by atoms with Gasteiger partial charge in [0.15, 0.2) is 0 Å². The molecule has 0 aliphatic heterocycles. The molecule has 0 atom stereocenters. The molecule has 0 spiro atoms. The average Bonchev–Trinajstić information content (AvgIpc) is 2.48. The van der Waals surface area contributed by atoms with Gasteiger partial charge in [-0.25, -0.2) is 0 Å². The Morgan fingerprint density at radius 3 is 2.77 bits per heavy atom. The molecular weight excluding hydrogens is 162 g/mol. The third-order valence-electron chi connectivity index (χ3n) is 2.35. The molecule has 0 amide bonds. The van der Waals surface area contributed by atoms with Crippen molar-refractivity contribution >= 4 is 10.9 Å². The predicted octanol–water partition coefficient (Wildman–Crippen LogP) is 3.00. The largest absolute Gasteiger partial charge is 0.506 e. The van der Waals surface area contributed by atoms with Crippen LogP contribution in [-0.4, -0.2) is 10.1 Å². The van der Waals surface area contributed by atoms with Crippen molar-refractivity contribution in [1.82, 2.24) is 4.98 Å². The minimum absolute atomic E-state index is 0.324. The number of hydrogen-bond acceptors (Lipinski definition) is 1. The van der Waals surface area contributed by atoms with Gasteiger partial charge in [-0.2, -0.15) is 0 Å². The second-order valence-electron chi connectivity index (χ2n) is 3.60. The third kappa shape index (κ3) is 1.18. The molecule has 0 saturated carbocycles. The summed E-state index contributed by atoms with van der Waals surface area (Å²) in [4.78, 5) is 3.09. The Labute approximate surface area is 77.2 Å². The van der Waals surface area contributed by atoms with Crippen molar-refractivity contribution in [2.24, 2.45) is 0 Å². The minimum atomic E-state index is 0.324. The molecule has 0 bridgehead atoms. The smallest absolute Gasteiger partial charge is 0.139 e. The lowest BCUT2D eigenvalue weighted by molar-refractivity contribution is 0.480. The molecule has 0 aliphatic rings. The van der Waals surface area contributed by atoms with Gasteiger partial charge in [-0.1, -0.05) is 26.0 Å². The highest BCUT2D eigenvalue weighted by atomic mass is 16.3. The van der Waals surface area contributed by atoms with Gasteiger partial charge in [0, 0.05) is 11.6 Å². The van der Waals surface area contributed by atoms with Gasteiger partial charge >= 0.3 is 0 Å². The summed E-state index contributed by atoms with van der Waals surface area (Å²) < 4.78 is 0. The van der Waals surface area contributed by atoms with Gasteiger partial charge in [0.1, 0.15) is 5.75 Å². The van der Waals surface area contributed by atoms with Crippen LogP contribution in [0.2, 0.25) is 0 Å². The Morgan fingerprint density at radius 2 is 2.08 bits per heavy atom. The average molecular weight is 175 g/mol. The first-order valence-electron chi connectivity index (χ1n) is 4.49. The van der Waals surface area contributed by atoms with Crippen LogP contribution in [0.3, 0.4) is 0 Å². The molecule has 1 aromatic carbocycles. The van der Waals surface area contributed by atoms with Crippen LogP contribution in [0.15, 0.2) is 24.4 Å². The summed E-state index contributed by atoms with van der Waals surface area (Å²) in [6.07, 6.45) is 1.97. The summed E-state index contributed by atoms with van der Waals surface area (Å²) in [5, 5.41) is 10.7. The predicted molar refractivity (Wildman–Crippen MR) is 54.1 cm³/mol. The topological polar surface area (TPSA) is 36.0 Å². The Kier molecular flexibility index (Phi) is 1.76. The summed E-state index contributed by atoms with van der Waals surface area (Å²) in [7, 11) is 0. The number of nitrogens with one attached hydrogen (secondary N) is 1. The van der Waals surface area contributed by atoms with E-state index in [-0.39, 0.29) is 0 Å². The summed E-state index contributed by atoms with van der Waals surface area (Å²) in [6.45, 7) is 4.29. The summed E-state index contributed by atoms with van der Waals surface area (Å²) in [6, 6.07) is 5.60. The van der Waals surface area contributed by atoms with E-state index in [4.69, 9.17) is 0 Å². The molecule has 0 fully saturated rings. The number of H-pyrrole nitrogens is 1. The first-order chi connectivity index (χ1) is 6.20. The molecule has 2 aromatic rings. The van der Waals surface area contributed by atoms with E-state index in [1.807, 2.05) is 18.3 Å². The van der Waals surface area contributed by atoms with E-state index in [1.165, 1.54) is 5.56 Å². The Balaban J connectivity index is 2.75. The monoisotopic (exact) mass is 175 g/mol. The highest BCUT2D eigenvalue weighted by Crippen LogP contribution is 2.29. The van der Waals surface area contributed by atoms with Crippen LogP contribution in [0.5, 0.6) is 5.75 Å². The van der Waals surface area contributed by atoms with Crippen molar-refractivity contribution in [3.63, 3.8) is 0 Å². The van der Waals surface area contributed by atoms with Gasteiger partial charge in [0.2, 0.25) is 0 Å². The van der Waals surface area contributed by atoms with Crippen molar-refractivity contribution in [1.29, 1.82) is 0 Å². The molecule has 1 heterocycles. The van der Waals surface area contributed by atoms with Crippen molar-refractivity contribution in [2.45, 2.75) is 19.8 Å². The van der Waals surface area contributed by atoms with E-state index in [9.17, 15) is 5.11 Å². The zero-order valence-corrected chi connectivity index (χ0v) is 7.83. The highest BCUT2D eigenvalue weighted by molar-refractivity contribution is 5.88. The van der Waals surface area contributed by atoms with Gasteiger partial charge in [-0.15, -0.1) is 0 Å². The SMILES string of the molecule is CC(C)c1c[nH]c2c(O)cccc12. The Hall–Kier alpha value is -1.44. The molecule has 2 N–H and O–H groups in total. The van der Waals surface area contributed by atoms with Crippen LogP contribution in [-0.2, 0) is 0 Å². The summed E-state index contributed by atoms with van der Waals surface area (Å²) >= 11 is 0. The van der Waals surface area contributed by atoms with Gasteiger partial charge in [0.25, 0.3) is 0 Å². The number of phenols is 1. The van der Waals surface area contributed by atoms with Crippen molar-refractivity contribution < 1.29 is 5.11 Å². The van der Waals surface area contributed by atoms with Crippen molar-refractivity contribution in [3.8, 4) is 5.75 Å². The van der Waals surface area contributed by atoms with Crippen LogP contribution >= 0.6 is 0 Å².